The Morgan fingerprint density at radius 3 is 2.90 bits per heavy atom. The van der Waals surface area contributed by atoms with E-state index in [1.54, 1.807) is 30.5 Å². The van der Waals surface area contributed by atoms with E-state index in [-0.39, 0.29) is 4.34 Å². The van der Waals surface area contributed by atoms with Crippen molar-refractivity contribution < 1.29 is 8.42 Å². The fraction of sp³-hybridized carbons (Fsp3) is 0. The standard InChI is InChI=1S/C11H7N5O2S2/c12-5-7-2-1-3-8(4-7)9-6-14-10-16(9)15-11(19-10)20(13,17)18/h1-4,6H,(H2,13,17,18). The van der Waals surface area contributed by atoms with Crippen LogP contribution in [0.25, 0.3) is 16.2 Å². The normalized spacial score (nSPS) is 11.6. The lowest BCUT2D eigenvalue weighted by Gasteiger charge is -1.98. The summed E-state index contributed by atoms with van der Waals surface area (Å²) in [6.07, 6.45) is 1.57. The van der Waals surface area contributed by atoms with Crippen molar-refractivity contribution in [3.05, 3.63) is 36.0 Å². The van der Waals surface area contributed by atoms with Crippen LogP contribution in [0.4, 0.5) is 0 Å². The molecule has 0 spiro atoms. The Labute approximate surface area is 118 Å². The zero-order valence-electron chi connectivity index (χ0n) is 9.89. The molecule has 3 aromatic rings. The maximum absolute atomic E-state index is 11.3. The average Bonchev–Trinajstić information content (AvgIpc) is 2.97. The van der Waals surface area contributed by atoms with Crippen LogP contribution in [0.5, 0.6) is 0 Å². The quantitative estimate of drug-likeness (QED) is 0.758. The fourth-order valence-corrected chi connectivity index (χ4v) is 3.23. The summed E-state index contributed by atoms with van der Waals surface area (Å²) in [5.74, 6) is 0. The van der Waals surface area contributed by atoms with E-state index in [0.717, 1.165) is 16.9 Å². The SMILES string of the molecule is N#Cc1cccc(-c2cnc3sc(S(N)(=O)=O)nn23)c1. The number of primary sulfonamides is 1. The van der Waals surface area contributed by atoms with Gasteiger partial charge >= 0.3 is 0 Å². The molecule has 0 unspecified atom stereocenters. The van der Waals surface area contributed by atoms with E-state index in [2.05, 4.69) is 10.1 Å². The van der Waals surface area contributed by atoms with Crippen molar-refractivity contribution in [2.45, 2.75) is 4.34 Å². The van der Waals surface area contributed by atoms with Crippen LogP contribution in [0.3, 0.4) is 0 Å². The summed E-state index contributed by atoms with van der Waals surface area (Å²) in [7, 11) is -3.85. The van der Waals surface area contributed by atoms with Gasteiger partial charge in [0, 0.05) is 5.56 Å². The molecule has 2 N–H and O–H groups in total. The number of rotatable bonds is 2. The molecule has 7 nitrogen and oxygen atoms in total. The van der Waals surface area contributed by atoms with Gasteiger partial charge in [0.05, 0.1) is 23.5 Å². The number of sulfonamides is 1. The second kappa shape index (κ2) is 4.38. The third kappa shape index (κ3) is 2.05. The van der Waals surface area contributed by atoms with Crippen molar-refractivity contribution in [1.82, 2.24) is 14.6 Å². The first kappa shape index (κ1) is 12.7. The first-order valence-electron chi connectivity index (χ1n) is 5.37. The molecule has 0 aliphatic carbocycles. The third-order valence-electron chi connectivity index (χ3n) is 2.60. The largest absolute Gasteiger partial charge is 0.267 e. The number of fused-ring (bicyclic) bond motifs is 1. The lowest BCUT2D eigenvalue weighted by molar-refractivity contribution is 0.595. The van der Waals surface area contributed by atoms with Crippen LogP contribution in [0.1, 0.15) is 5.56 Å². The Morgan fingerprint density at radius 1 is 1.40 bits per heavy atom. The van der Waals surface area contributed by atoms with Gasteiger partial charge in [-0.2, -0.15) is 5.26 Å². The maximum atomic E-state index is 11.3. The molecule has 3 rings (SSSR count). The molecule has 0 amide bonds. The lowest BCUT2D eigenvalue weighted by atomic mass is 10.1. The molecule has 2 heterocycles. The third-order valence-corrected chi connectivity index (χ3v) is 4.83. The molecule has 0 saturated carbocycles. The minimum Gasteiger partial charge on any atom is -0.225 e. The van der Waals surface area contributed by atoms with Crippen LogP contribution >= 0.6 is 11.3 Å². The number of nitriles is 1. The van der Waals surface area contributed by atoms with Gasteiger partial charge in [-0.15, -0.1) is 5.10 Å². The summed E-state index contributed by atoms with van der Waals surface area (Å²) < 4.78 is 23.8. The summed E-state index contributed by atoms with van der Waals surface area (Å²) in [6, 6.07) is 8.93. The van der Waals surface area contributed by atoms with E-state index in [4.69, 9.17) is 10.4 Å². The van der Waals surface area contributed by atoms with Crippen LogP contribution in [0.2, 0.25) is 0 Å². The van der Waals surface area contributed by atoms with Crippen molar-refractivity contribution in [3.63, 3.8) is 0 Å². The molecule has 1 aromatic carbocycles. The van der Waals surface area contributed by atoms with Crippen molar-refractivity contribution in [2.75, 3.05) is 0 Å². The molecule has 0 bridgehead atoms. The van der Waals surface area contributed by atoms with Gasteiger partial charge in [-0.05, 0) is 12.1 Å². The van der Waals surface area contributed by atoms with Gasteiger partial charge in [-0.25, -0.2) is 23.1 Å². The molecule has 0 atom stereocenters. The number of hydrogen-bond acceptors (Lipinski definition) is 6. The first-order chi connectivity index (χ1) is 9.49. The fourth-order valence-electron chi connectivity index (χ4n) is 1.74. The minimum absolute atomic E-state index is 0.196. The Kier molecular flexibility index (Phi) is 2.79. The number of aromatic nitrogens is 3. The van der Waals surface area contributed by atoms with Crippen molar-refractivity contribution in [3.8, 4) is 17.3 Å². The van der Waals surface area contributed by atoms with Gasteiger partial charge in [-0.1, -0.05) is 23.5 Å². The zero-order valence-corrected chi connectivity index (χ0v) is 11.5. The maximum Gasteiger partial charge on any atom is 0.267 e. The molecule has 2 aromatic heterocycles. The Hall–Kier alpha value is -2.28. The monoisotopic (exact) mass is 305 g/mol. The summed E-state index contributed by atoms with van der Waals surface area (Å²) in [5.41, 5.74) is 1.82. The molecular weight excluding hydrogens is 298 g/mol. The molecule has 100 valence electrons. The number of benzene rings is 1. The van der Waals surface area contributed by atoms with Crippen LogP contribution in [-0.2, 0) is 10.0 Å². The summed E-state index contributed by atoms with van der Waals surface area (Å²) >= 11 is 0.892. The Bertz CT molecular complexity index is 949. The minimum atomic E-state index is -3.85. The smallest absolute Gasteiger partial charge is 0.225 e. The second-order valence-corrected chi connectivity index (χ2v) is 6.63. The van der Waals surface area contributed by atoms with Gasteiger partial charge in [0.2, 0.25) is 9.30 Å². The van der Waals surface area contributed by atoms with E-state index in [0.29, 0.717) is 16.2 Å². The topological polar surface area (TPSA) is 114 Å². The first-order valence-corrected chi connectivity index (χ1v) is 7.73. The van der Waals surface area contributed by atoms with E-state index in [1.807, 2.05) is 6.07 Å². The highest BCUT2D eigenvalue weighted by Crippen LogP contribution is 2.25. The second-order valence-electron chi connectivity index (χ2n) is 3.94. The summed E-state index contributed by atoms with van der Waals surface area (Å²) in [6.45, 7) is 0. The van der Waals surface area contributed by atoms with E-state index >= 15 is 0 Å². The van der Waals surface area contributed by atoms with Crippen LogP contribution < -0.4 is 5.14 Å². The molecule has 0 fully saturated rings. The van der Waals surface area contributed by atoms with Crippen LogP contribution in [0.15, 0.2) is 34.8 Å². The summed E-state index contributed by atoms with van der Waals surface area (Å²) in [4.78, 5) is 4.52. The van der Waals surface area contributed by atoms with E-state index < -0.39 is 10.0 Å². The molecule has 0 saturated heterocycles. The molecule has 0 aliphatic rings. The molecule has 9 heteroatoms. The Morgan fingerprint density at radius 2 is 2.20 bits per heavy atom. The van der Waals surface area contributed by atoms with Crippen LogP contribution in [-0.4, -0.2) is 23.0 Å². The lowest BCUT2D eigenvalue weighted by Crippen LogP contribution is -2.12. The molecule has 20 heavy (non-hydrogen) atoms. The van der Waals surface area contributed by atoms with Crippen molar-refractivity contribution >= 4 is 26.3 Å². The van der Waals surface area contributed by atoms with Gasteiger partial charge in [0.15, 0.2) is 0 Å². The summed E-state index contributed by atoms with van der Waals surface area (Å²) in [5, 5.41) is 17.9. The van der Waals surface area contributed by atoms with Gasteiger partial charge < -0.3 is 0 Å². The van der Waals surface area contributed by atoms with Gasteiger partial charge in [0.25, 0.3) is 10.0 Å². The zero-order chi connectivity index (χ0) is 14.3. The highest BCUT2D eigenvalue weighted by molar-refractivity contribution is 7.91. The molecular formula is C11H7N5O2S2. The van der Waals surface area contributed by atoms with Gasteiger partial charge in [-0.3, -0.25) is 0 Å². The molecule has 0 aliphatic heterocycles. The number of nitrogens with zero attached hydrogens (tertiary/aromatic N) is 4. The number of nitrogens with two attached hydrogens (primary N) is 1. The highest BCUT2D eigenvalue weighted by Gasteiger charge is 2.18. The highest BCUT2D eigenvalue weighted by atomic mass is 32.2. The van der Waals surface area contributed by atoms with Crippen LogP contribution in [0, 0.1) is 11.3 Å². The van der Waals surface area contributed by atoms with Crippen molar-refractivity contribution in [1.29, 1.82) is 5.26 Å². The van der Waals surface area contributed by atoms with E-state index in [9.17, 15) is 8.42 Å². The number of imidazole rings is 1. The number of hydrogen-bond donors (Lipinski definition) is 1. The predicted octanol–water partition coefficient (Wildman–Crippen LogP) is 0.977. The van der Waals surface area contributed by atoms with Gasteiger partial charge in [0.1, 0.15) is 0 Å². The predicted molar refractivity (Wildman–Crippen MR) is 72.4 cm³/mol. The average molecular weight is 305 g/mol. The Balaban J connectivity index is 2.22. The van der Waals surface area contributed by atoms with Crippen molar-refractivity contribution in [2.24, 2.45) is 5.14 Å². The molecule has 0 radical (unpaired) electrons. The van der Waals surface area contributed by atoms with E-state index in [1.165, 1.54) is 4.52 Å².